The molecule has 72 heavy (non-hydrogen) atoms. The highest BCUT2D eigenvalue weighted by Gasteiger charge is 2.53. The van der Waals surface area contributed by atoms with Gasteiger partial charge in [-0.05, 0) is 139 Å². The number of aliphatic hydroxyl groups is 2. The van der Waals surface area contributed by atoms with Crippen molar-refractivity contribution in [2.24, 2.45) is 35.5 Å². The third kappa shape index (κ3) is 16.8. The van der Waals surface area contributed by atoms with Crippen molar-refractivity contribution in [2.45, 2.75) is 233 Å². The number of aliphatic hydroxyl groups excluding tert-OH is 1. The van der Waals surface area contributed by atoms with Crippen molar-refractivity contribution in [3.05, 3.63) is 35.5 Å². The molecule has 3 aliphatic rings. The third-order valence-electron chi connectivity index (χ3n) is 16.7. The van der Waals surface area contributed by atoms with Crippen molar-refractivity contribution >= 4 is 37.5 Å². The van der Waals surface area contributed by atoms with Gasteiger partial charge in [-0.3, -0.25) is 19.2 Å². The van der Waals surface area contributed by atoms with Crippen LogP contribution in [0.25, 0.3) is 0 Å². The fourth-order valence-corrected chi connectivity index (χ4v) is 12.1. The smallest absolute Gasteiger partial charge is 0.329 e. The van der Waals surface area contributed by atoms with Gasteiger partial charge in [-0.25, -0.2) is 4.79 Å². The van der Waals surface area contributed by atoms with E-state index in [9.17, 15) is 34.2 Å². The average molecular weight is 1030 g/mol. The standard InChI is InChI=1S/C57H97NO13Si/c1-18-22-35(3)29-39(7)50(60)52(68-15)51(61)40(8)30-37(5)45(59)34-48(38(6)31-42-25-27-46(49(32-42)67-14)71-72(16,17)56(10,11)12)69-55(64)44-23-20-21-28-58(44)54(63)53(62)57(65)41(9)24-26-43(70-57)33-47(66-13)36(4)19-2/h18-19,22,30,35,37-39,41-44,46-49,51-52,61,65H,20-21,23-29,31-34H2,1-17H3/b22-18+,36-19+,40-30+/t35-,37-,38-,39-,41-,42+,43+,44+,46?,47+,48+,49-,51-,52+,57-/m1/s1. The van der Waals surface area contributed by atoms with E-state index in [2.05, 4.69) is 33.9 Å². The topological polar surface area (TPSA) is 184 Å². The van der Waals surface area contributed by atoms with Crippen LogP contribution in [0.3, 0.4) is 0 Å². The Hall–Kier alpha value is -2.89. The summed E-state index contributed by atoms with van der Waals surface area (Å²) >= 11 is 0. The molecule has 2 aliphatic heterocycles. The Kier molecular flexibility index (Phi) is 24.9. The fourth-order valence-electron chi connectivity index (χ4n) is 10.7. The molecular weight excluding hydrogens is 935 g/mol. The summed E-state index contributed by atoms with van der Waals surface area (Å²) in [6, 6.07) is -1.13. The lowest BCUT2D eigenvalue weighted by Gasteiger charge is -2.44. The molecule has 1 unspecified atom stereocenters. The van der Waals surface area contributed by atoms with E-state index in [1.165, 1.54) is 12.0 Å². The number of amides is 1. The molecule has 2 N–H and O–H groups in total. The van der Waals surface area contributed by atoms with Crippen molar-refractivity contribution < 1.29 is 62.3 Å². The van der Waals surface area contributed by atoms with Crippen molar-refractivity contribution in [1.82, 2.24) is 4.90 Å². The number of carbonyl (C=O) groups excluding carboxylic acids is 5. The van der Waals surface area contributed by atoms with Crippen LogP contribution in [0.4, 0.5) is 0 Å². The Morgan fingerprint density at radius 2 is 1.56 bits per heavy atom. The molecule has 3 rings (SSSR count). The van der Waals surface area contributed by atoms with Crippen molar-refractivity contribution in [3.63, 3.8) is 0 Å². The molecule has 0 aromatic rings. The third-order valence-corrected chi connectivity index (χ3v) is 21.2. The molecule has 0 aromatic heterocycles. The zero-order valence-electron chi connectivity index (χ0n) is 47.4. The van der Waals surface area contributed by atoms with Crippen LogP contribution in [0, 0.1) is 35.5 Å². The van der Waals surface area contributed by atoms with E-state index in [0.29, 0.717) is 50.5 Å². The first kappa shape index (κ1) is 63.4. The van der Waals surface area contributed by atoms with E-state index in [-0.39, 0.29) is 78.0 Å². The summed E-state index contributed by atoms with van der Waals surface area (Å²) in [7, 11) is 2.62. The van der Waals surface area contributed by atoms with E-state index in [0.717, 1.165) is 24.8 Å². The highest BCUT2D eigenvalue weighted by molar-refractivity contribution is 6.74. The number of piperidine rings is 1. The largest absolute Gasteiger partial charge is 0.460 e. The van der Waals surface area contributed by atoms with Crippen molar-refractivity contribution in [1.29, 1.82) is 0 Å². The minimum Gasteiger partial charge on any atom is -0.460 e. The Labute approximate surface area is 434 Å². The van der Waals surface area contributed by atoms with Gasteiger partial charge in [-0.15, -0.1) is 0 Å². The predicted octanol–water partition coefficient (Wildman–Crippen LogP) is 9.68. The van der Waals surface area contributed by atoms with Crippen LogP contribution in [0.5, 0.6) is 0 Å². The number of carbonyl (C=O) groups is 5. The molecule has 3 fully saturated rings. The van der Waals surface area contributed by atoms with Gasteiger partial charge in [0.25, 0.3) is 11.7 Å². The second-order valence-corrected chi connectivity index (χ2v) is 28.1. The first-order valence-corrected chi connectivity index (χ1v) is 29.9. The van der Waals surface area contributed by atoms with Crippen molar-refractivity contribution in [3.8, 4) is 0 Å². The Bertz CT molecular complexity index is 1890. The molecule has 1 saturated carbocycles. The Morgan fingerprint density at radius 1 is 0.889 bits per heavy atom. The predicted molar refractivity (Wildman–Crippen MR) is 283 cm³/mol. The van der Waals surface area contributed by atoms with E-state index in [4.69, 9.17) is 28.1 Å². The second kappa shape index (κ2) is 28.3. The molecule has 2 heterocycles. The average Bonchev–Trinajstić information content (AvgIpc) is 3.33. The molecule has 0 bridgehead atoms. The fraction of sp³-hybridized carbons (Fsp3) is 0.807. The molecule has 2 saturated heterocycles. The molecular formula is C57H97NO13Si. The lowest BCUT2D eigenvalue weighted by molar-refractivity contribution is -0.265. The van der Waals surface area contributed by atoms with Gasteiger partial charge < -0.3 is 43.2 Å². The molecule has 1 amide bonds. The number of ether oxygens (including phenoxy) is 5. The van der Waals surface area contributed by atoms with E-state index in [1.54, 1.807) is 41.1 Å². The summed E-state index contributed by atoms with van der Waals surface area (Å²) in [5.41, 5.74) is 1.39. The number of allylic oxidation sites excluding steroid dienone is 4. The SMILES string of the molecule is C/C=C/[C@@H](C)C[C@@H](C)C(=O)[C@H](OC)[C@H](O)/C(C)=C/[C@@H](C)C(=O)C[C@H](OC(=O)[C@@H]1CCCCN1C(=O)C(=O)[C@]1(O)O[C@H](C[C@H](OC)/C(C)=C/C)CC[C@H]1C)[C@H](C)C[C@@H]1CCC(O[Si](C)(C)C(C)(C)C)[C@H](OC)C1. The number of ketones is 3. The summed E-state index contributed by atoms with van der Waals surface area (Å²) in [5.74, 6) is -7.48. The molecule has 0 aromatic carbocycles. The molecule has 14 nitrogen and oxygen atoms in total. The molecule has 1 aliphatic carbocycles. The van der Waals surface area contributed by atoms with Crippen LogP contribution in [0.1, 0.15) is 160 Å². The minimum atomic E-state index is -2.40. The van der Waals surface area contributed by atoms with Gasteiger partial charge in [0.05, 0.1) is 24.4 Å². The van der Waals surface area contributed by atoms with Crippen LogP contribution in [-0.2, 0) is 52.1 Å². The molecule has 15 atom stereocenters. The summed E-state index contributed by atoms with van der Waals surface area (Å²) in [4.78, 5) is 72.2. The van der Waals surface area contributed by atoms with E-state index >= 15 is 0 Å². The highest BCUT2D eigenvalue weighted by atomic mass is 28.4. The molecule has 0 radical (unpaired) electrons. The zero-order valence-corrected chi connectivity index (χ0v) is 48.4. The monoisotopic (exact) mass is 1030 g/mol. The lowest BCUT2D eigenvalue weighted by Crippen LogP contribution is -2.61. The normalized spacial score (nSPS) is 28.3. The number of rotatable bonds is 26. The quantitative estimate of drug-likeness (QED) is 0.0362. The first-order chi connectivity index (χ1) is 33.6. The molecule has 0 spiro atoms. The number of esters is 1. The van der Waals surface area contributed by atoms with Crippen LogP contribution in [0.15, 0.2) is 35.5 Å². The minimum absolute atomic E-state index is 0.0331. The summed E-state index contributed by atoms with van der Waals surface area (Å²) in [5, 5.41) is 23.4. The van der Waals surface area contributed by atoms with E-state index < -0.39 is 74.1 Å². The van der Waals surface area contributed by atoms with Gasteiger partial charge in [0.2, 0.25) is 5.79 Å². The van der Waals surface area contributed by atoms with Crippen LogP contribution in [0.2, 0.25) is 18.1 Å². The zero-order chi connectivity index (χ0) is 54.5. The maximum Gasteiger partial charge on any atom is 0.329 e. The van der Waals surface area contributed by atoms with Crippen LogP contribution in [-0.4, -0.2) is 135 Å². The van der Waals surface area contributed by atoms with Gasteiger partial charge in [0, 0.05) is 58.5 Å². The van der Waals surface area contributed by atoms with Gasteiger partial charge in [-0.2, -0.15) is 0 Å². The van der Waals surface area contributed by atoms with Gasteiger partial charge in [0.1, 0.15) is 30.1 Å². The Balaban J connectivity index is 1.91. The number of hydrogen-bond donors (Lipinski definition) is 2. The number of nitrogens with zero attached hydrogens (tertiary/aromatic N) is 1. The van der Waals surface area contributed by atoms with Gasteiger partial charge in [-0.1, -0.05) is 79.7 Å². The number of hydrogen-bond acceptors (Lipinski definition) is 13. The Morgan fingerprint density at radius 3 is 2.14 bits per heavy atom. The molecule has 15 heteroatoms. The van der Waals surface area contributed by atoms with Crippen molar-refractivity contribution in [2.75, 3.05) is 27.9 Å². The van der Waals surface area contributed by atoms with Gasteiger partial charge in [0.15, 0.2) is 14.1 Å². The summed E-state index contributed by atoms with van der Waals surface area (Å²) in [6.45, 7) is 27.9. The second-order valence-electron chi connectivity index (χ2n) is 23.3. The molecule has 412 valence electrons. The van der Waals surface area contributed by atoms with Crippen LogP contribution < -0.4 is 0 Å². The number of Topliss-reactive ketones (excluding diaryl/α,β-unsaturated/α-hetero) is 3. The van der Waals surface area contributed by atoms with Crippen LogP contribution >= 0.6 is 0 Å². The summed E-state index contributed by atoms with van der Waals surface area (Å²) in [6.07, 6.45) is 9.43. The first-order valence-electron chi connectivity index (χ1n) is 27.0. The summed E-state index contributed by atoms with van der Waals surface area (Å²) < 4.78 is 36.7. The number of likely N-dealkylation sites (tertiary alicyclic amines) is 1. The lowest BCUT2D eigenvalue weighted by atomic mass is 9.78. The van der Waals surface area contributed by atoms with E-state index in [1.807, 2.05) is 59.8 Å². The maximum atomic E-state index is 14.6. The maximum absolute atomic E-state index is 14.6. The highest BCUT2D eigenvalue weighted by Crippen LogP contribution is 2.42. The van der Waals surface area contributed by atoms with Gasteiger partial charge >= 0.3 is 5.97 Å². The number of methoxy groups -OCH3 is 3.